The van der Waals surface area contributed by atoms with Crippen molar-refractivity contribution in [2.45, 2.75) is 52.7 Å². The molecule has 0 saturated heterocycles. The van der Waals surface area contributed by atoms with E-state index in [2.05, 4.69) is 55.6 Å². The van der Waals surface area contributed by atoms with Crippen LogP contribution in [0.15, 0.2) is 48.5 Å². The van der Waals surface area contributed by atoms with Gasteiger partial charge in [0.05, 0.1) is 13.2 Å². The third-order valence-electron chi connectivity index (χ3n) is 4.61. The first kappa shape index (κ1) is 20.3. The Morgan fingerprint density at radius 3 is 2.00 bits per heavy atom. The van der Waals surface area contributed by atoms with E-state index >= 15 is 0 Å². The van der Waals surface area contributed by atoms with Crippen molar-refractivity contribution < 1.29 is 9.47 Å². The van der Waals surface area contributed by atoms with Crippen molar-refractivity contribution in [1.29, 1.82) is 0 Å². The van der Waals surface area contributed by atoms with Crippen LogP contribution in [0.1, 0.15) is 51.2 Å². The lowest BCUT2D eigenvalue weighted by Gasteiger charge is -2.22. The third kappa shape index (κ3) is 6.38. The third-order valence-corrected chi connectivity index (χ3v) is 4.61. The maximum Gasteiger partial charge on any atom is 0.119 e. The molecule has 0 saturated carbocycles. The Labute approximate surface area is 158 Å². The van der Waals surface area contributed by atoms with Gasteiger partial charge in [-0.3, -0.25) is 0 Å². The fraction of sp³-hybridized carbons (Fsp3) is 0.478. The molecule has 3 nitrogen and oxygen atoms in total. The van der Waals surface area contributed by atoms with Crippen molar-refractivity contribution >= 4 is 0 Å². The molecule has 142 valence electrons. The van der Waals surface area contributed by atoms with Gasteiger partial charge >= 0.3 is 0 Å². The molecule has 1 atom stereocenters. The van der Waals surface area contributed by atoms with Gasteiger partial charge < -0.3 is 14.8 Å². The molecule has 0 heterocycles. The van der Waals surface area contributed by atoms with Gasteiger partial charge in [-0.25, -0.2) is 0 Å². The molecule has 26 heavy (non-hydrogen) atoms. The van der Waals surface area contributed by atoms with Crippen LogP contribution < -0.4 is 14.8 Å². The van der Waals surface area contributed by atoms with E-state index in [-0.39, 0.29) is 6.10 Å². The predicted molar refractivity (Wildman–Crippen MR) is 109 cm³/mol. The summed E-state index contributed by atoms with van der Waals surface area (Å²) in [5, 5.41) is 3.57. The summed E-state index contributed by atoms with van der Waals surface area (Å²) in [7, 11) is 1.71. The molecule has 0 bridgehead atoms. The summed E-state index contributed by atoms with van der Waals surface area (Å²) in [5.41, 5.74) is 2.67. The molecule has 0 aliphatic rings. The maximum absolute atomic E-state index is 5.69. The molecule has 0 aromatic heterocycles. The minimum atomic E-state index is 0.213. The molecule has 0 fully saturated rings. The molecule has 3 heteroatoms. The van der Waals surface area contributed by atoms with E-state index in [0.717, 1.165) is 31.0 Å². The van der Waals surface area contributed by atoms with Crippen LogP contribution in [0.4, 0.5) is 0 Å². The minimum Gasteiger partial charge on any atom is -0.497 e. The highest BCUT2D eigenvalue weighted by Gasteiger charge is 2.15. The van der Waals surface area contributed by atoms with E-state index in [0.29, 0.717) is 11.8 Å². The standard InChI is InChI=1S/C23H33NO2/c1-17(2)23(20-8-12-21(25-5)13-9-20)14-15-24-16-19-6-10-22(11-7-19)26-18(3)4/h6-13,17-18,23-24H,14-16H2,1-5H3/t23-/m0/s1. The number of hydrogen-bond acceptors (Lipinski definition) is 3. The topological polar surface area (TPSA) is 30.5 Å². The van der Waals surface area contributed by atoms with E-state index in [9.17, 15) is 0 Å². The fourth-order valence-corrected chi connectivity index (χ4v) is 3.18. The van der Waals surface area contributed by atoms with E-state index in [1.165, 1.54) is 11.1 Å². The van der Waals surface area contributed by atoms with Gasteiger partial charge in [-0.1, -0.05) is 38.1 Å². The van der Waals surface area contributed by atoms with Gasteiger partial charge in [-0.15, -0.1) is 0 Å². The molecule has 0 aliphatic carbocycles. The molecule has 1 N–H and O–H groups in total. The van der Waals surface area contributed by atoms with Crippen molar-refractivity contribution in [3.05, 3.63) is 59.7 Å². The second kappa shape index (κ2) is 10.2. The van der Waals surface area contributed by atoms with Crippen molar-refractivity contribution in [2.24, 2.45) is 5.92 Å². The molecule has 0 aliphatic heterocycles. The Kier molecular flexibility index (Phi) is 7.99. The second-order valence-electron chi connectivity index (χ2n) is 7.40. The molecule has 2 rings (SSSR count). The monoisotopic (exact) mass is 355 g/mol. The van der Waals surface area contributed by atoms with Gasteiger partial charge in [-0.2, -0.15) is 0 Å². The Morgan fingerprint density at radius 2 is 1.46 bits per heavy atom. The Bertz CT molecular complexity index is 632. The Balaban J connectivity index is 1.82. The molecular formula is C23H33NO2. The first-order chi connectivity index (χ1) is 12.5. The predicted octanol–water partition coefficient (Wildman–Crippen LogP) is 5.40. The number of nitrogens with one attached hydrogen (secondary N) is 1. The van der Waals surface area contributed by atoms with Gasteiger partial charge in [0.15, 0.2) is 0 Å². The summed E-state index contributed by atoms with van der Waals surface area (Å²) in [4.78, 5) is 0. The number of benzene rings is 2. The summed E-state index contributed by atoms with van der Waals surface area (Å²) in [6, 6.07) is 16.9. The normalized spacial score (nSPS) is 12.4. The second-order valence-corrected chi connectivity index (χ2v) is 7.40. The largest absolute Gasteiger partial charge is 0.497 e. The van der Waals surface area contributed by atoms with E-state index < -0.39 is 0 Å². The average Bonchev–Trinajstić information content (AvgIpc) is 2.62. The molecule has 0 unspecified atom stereocenters. The highest BCUT2D eigenvalue weighted by molar-refractivity contribution is 5.30. The molecule has 2 aromatic carbocycles. The fourth-order valence-electron chi connectivity index (χ4n) is 3.18. The SMILES string of the molecule is COc1ccc([C@@H](CCNCc2ccc(OC(C)C)cc2)C(C)C)cc1. The van der Waals surface area contributed by atoms with Crippen LogP contribution in [0.3, 0.4) is 0 Å². The first-order valence-electron chi connectivity index (χ1n) is 9.60. The lowest BCUT2D eigenvalue weighted by Crippen LogP contribution is -2.19. The van der Waals surface area contributed by atoms with Crippen LogP contribution in [-0.2, 0) is 6.54 Å². The first-order valence-corrected chi connectivity index (χ1v) is 9.60. The van der Waals surface area contributed by atoms with E-state index in [1.807, 2.05) is 26.0 Å². The van der Waals surface area contributed by atoms with Crippen LogP contribution in [-0.4, -0.2) is 19.8 Å². The quantitative estimate of drug-likeness (QED) is 0.579. The van der Waals surface area contributed by atoms with Gasteiger partial charge in [-0.05, 0) is 74.0 Å². The average molecular weight is 356 g/mol. The summed E-state index contributed by atoms with van der Waals surface area (Å²) < 4.78 is 11.0. The summed E-state index contributed by atoms with van der Waals surface area (Å²) in [6.45, 7) is 10.6. The summed E-state index contributed by atoms with van der Waals surface area (Å²) >= 11 is 0. The molecule has 0 radical (unpaired) electrons. The number of rotatable bonds is 10. The molecule has 0 spiro atoms. The molecule has 0 amide bonds. The van der Waals surface area contributed by atoms with Crippen molar-refractivity contribution in [3.8, 4) is 11.5 Å². The summed E-state index contributed by atoms with van der Waals surface area (Å²) in [5.74, 6) is 3.01. The zero-order valence-electron chi connectivity index (χ0n) is 16.8. The van der Waals surface area contributed by atoms with E-state index in [1.54, 1.807) is 7.11 Å². The van der Waals surface area contributed by atoms with Gasteiger partial charge in [0, 0.05) is 6.54 Å². The summed E-state index contributed by atoms with van der Waals surface area (Å²) in [6.07, 6.45) is 1.34. The Hall–Kier alpha value is -2.00. The molecular weight excluding hydrogens is 322 g/mol. The van der Waals surface area contributed by atoms with Gasteiger partial charge in [0.25, 0.3) is 0 Å². The highest BCUT2D eigenvalue weighted by Crippen LogP contribution is 2.28. The molecule has 2 aromatic rings. The highest BCUT2D eigenvalue weighted by atomic mass is 16.5. The number of hydrogen-bond donors (Lipinski definition) is 1. The lowest BCUT2D eigenvalue weighted by atomic mass is 9.86. The maximum atomic E-state index is 5.69. The van der Waals surface area contributed by atoms with Crippen LogP contribution in [0.25, 0.3) is 0 Å². The van der Waals surface area contributed by atoms with Crippen molar-refractivity contribution in [1.82, 2.24) is 5.32 Å². The van der Waals surface area contributed by atoms with Gasteiger partial charge in [0.1, 0.15) is 11.5 Å². The number of methoxy groups -OCH3 is 1. The van der Waals surface area contributed by atoms with Crippen LogP contribution >= 0.6 is 0 Å². The minimum absolute atomic E-state index is 0.213. The Morgan fingerprint density at radius 1 is 0.846 bits per heavy atom. The van der Waals surface area contributed by atoms with Crippen molar-refractivity contribution in [2.75, 3.05) is 13.7 Å². The zero-order valence-corrected chi connectivity index (χ0v) is 16.8. The van der Waals surface area contributed by atoms with Crippen molar-refractivity contribution in [3.63, 3.8) is 0 Å². The van der Waals surface area contributed by atoms with Crippen LogP contribution in [0, 0.1) is 5.92 Å². The van der Waals surface area contributed by atoms with Crippen LogP contribution in [0.2, 0.25) is 0 Å². The zero-order chi connectivity index (χ0) is 18.9. The van der Waals surface area contributed by atoms with E-state index in [4.69, 9.17) is 9.47 Å². The number of ether oxygens (including phenoxy) is 2. The smallest absolute Gasteiger partial charge is 0.119 e. The lowest BCUT2D eigenvalue weighted by molar-refractivity contribution is 0.242. The van der Waals surface area contributed by atoms with Crippen LogP contribution in [0.5, 0.6) is 11.5 Å². The van der Waals surface area contributed by atoms with Gasteiger partial charge in [0.2, 0.25) is 0 Å².